The van der Waals surface area contributed by atoms with Crippen molar-refractivity contribution in [1.29, 1.82) is 0 Å². The predicted octanol–water partition coefficient (Wildman–Crippen LogP) is 0.859. The zero-order valence-corrected chi connectivity index (χ0v) is 13.1. The van der Waals surface area contributed by atoms with Gasteiger partial charge in [0.1, 0.15) is 0 Å². The van der Waals surface area contributed by atoms with Crippen molar-refractivity contribution in [2.75, 3.05) is 39.3 Å². The van der Waals surface area contributed by atoms with Gasteiger partial charge in [0.05, 0.1) is 6.54 Å². The van der Waals surface area contributed by atoms with Gasteiger partial charge in [-0.2, -0.15) is 0 Å². The molecule has 0 aromatic carbocycles. The third-order valence-electron chi connectivity index (χ3n) is 4.55. The van der Waals surface area contributed by atoms with Gasteiger partial charge in [0, 0.05) is 25.2 Å². The van der Waals surface area contributed by atoms with Crippen LogP contribution < -0.4 is 11.1 Å². The van der Waals surface area contributed by atoms with Gasteiger partial charge in [-0.25, -0.2) is 0 Å². The number of likely N-dealkylation sites (tertiary alicyclic amines) is 1. The van der Waals surface area contributed by atoms with Crippen LogP contribution in [-0.2, 0) is 0 Å². The smallest absolute Gasteiger partial charge is 0.188 e. The summed E-state index contributed by atoms with van der Waals surface area (Å²) in [5, 5.41) is 3.25. The summed E-state index contributed by atoms with van der Waals surface area (Å²) in [6, 6.07) is 1.43. The van der Waals surface area contributed by atoms with E-state index in [1.165, 1.54) is 32.2 Å². The van der Waals surface area contributed by atoms with Gasteiger partial charge < -0.3 is 11.1 Å². The lowest BCUT2D eigenvalue weighted by atomic mass is 10.2. The molecule has 116 valence electrons. The second kappa shape index (κ2) is 7.84. The molecule has 1 heterocycles. The topological polar surface area (TPSA) is 56.9 Å². The molecule has 5 heteroatoms. The first kappa shape index (κ1) is 15.6. The van der Waals surface area contributed by atoms with Crippen molar-refractivity contribution in [2.45, 2.75) is 51.6 Å². The van der Waals surface area contributed by atoms with Crippen molar-refractivity contribution < 1.29 is 0 Å². The van der Waals surface area contributed by atoms with Crippen LogP contribution >= 0.6 is 0 Å². The predicted molar refractivity (Wildman–Crippen MR) is 85.0 cm³/mol. The number of hydrogen-bond donors (Lipinski definition) is 2. The van der Waals surface area contributed by atoms with Crippen LogP contribution in [0, 0.1) is 0 Å². The zero-order valence-electron chi connectivity index (χ0n) is 13.1. The lowest BCUT2D eigenvalue weighted by molar-refractivity contribution is 0.272. The fraction of sp³-hybridized carbons (Fsp3) is 0.933. The number of rotatable bonds is 8. The number of hydrogen-bond acceptors (Lipinski definition) is 3. The summed E-state index contributed by atoms with van der Waals surface area (Å²) >= 11 is 0. The Balaban J connectivity index is 1.63. The third-order valence-corrected chi connectivity index (χ3v) is 4.55. The molecule has 1 aliphatic carbocycles. The summed E-state index contributed by atoms with van der Waals surface area (Å²) in [6.45, 7) is 10.8. The lowest BCUT2D eigenvalue weighted by Gasteiger charge is -2.21. The average molecular weight is 281 g/mol. The molecule has 1 saturated carbocycles. The first-order valence-electron chi connectivity index (χ1n) is 8.26. The number of nitrogens with zero attached hydrogens (tertiary/aromatic N) is 3. The van der Waals surface area contributed by atoms with Crippen LogP contribution in [0.15, 0.2) is 4.99 Å². The SMILES string of the molecule is CCN(CCNC(N)=NCC1CCCN1CC)C1CC1. The number of aliphatic imine (C=N–C) groups is 1. The second-order valence-corrected chi connectivity index (χ2v) is 5.94. The van der Waals surface area contributed by atoms with Gasteiger partial charge in [0.2, 0.25) is 0 Å². The molecule has 1 unspecified atom stereocenters. The van der Waals surface area contributed by atoms with Crippen molar-refractivity contribution in [3.05, 3.63) is 0 Å². The minimum absolute atomic E-state index is 0.596. The van der Waals surface area contributed by atoms with Gasteiger partial charge in [0.15, 0.2) is 5.96 Å². The molecule has 0 bridgehead atoms. The Hall–Kier alpha value is -0.810. The minimum Gasteiger partial charge on any atom is -0.370 e. The highest BCUT2D eigenvalue weighted by atomic mass is 15.2. The van der Waals surface area contributed by atoms with Gasteiger partial charge in [-0.05, 0) is 45.3 Å². The first-order chi connectivity index (χ1) is 9.74. The fourth-order valence-electron chi connectivity index (χ4n) is 3.14. The Kier molecular flexibility index (Phi) is 6.10. The Morgan fingerprint density at radius 3 is 2.80 bits per heavy atom. The van der Waals surface area contributed by atoms with Gasteiger partial charge in [0.25, 0.3) is 0 Å². The van der Waals surface area contributed by atoms with Crippen LogP contribution in [0.5, 0.6) is 0 Å². The molecule has 2 rings (SSSR count). The highest BCUT2D eigenvalue weighted by molar-refractivity contribution is 5.77. The van der Waals surface area contributed by atoms with E-state index in [2.05, 4.69) is 34.0 Å². The molecular formula is C15H31N5. The van der Waals surface area contributed by atoms with E-state index in [-0.39, 0.29) is 0 Å². The summed E-state index contributed by atoms with van der Waals surface area (Å²) in [7, 11) is 0. The van der Waals surface area contributed by atoms with Gasteiger partial charge in [-0.1, -0.05) is 13.8 Å². The molecule has 1 saturated heterocycles. The Labute approximate surface area is 123 Å². The summed E-state index contributed by atoms with van der Waals surface area (Å²) in [5.74, 6) is 0.611. The first-order valence-corrected chi connectivity index (χ1v) is 8.26. The van der Waals surface area contributed by atoms with Crippen molar-refractivity contribution in [1.82, 2.24) is 15.1 Å². The van der Waals surface area contributed by atoms with E-state index in [9.17, 15) is 0 Å². The van der Waals surface area contributed by atoms with Gasteiger partial charge in [-0.15, -0.1) is 0 Å². The van der Waals surface area contributed by atoms with E-state index in [4.69, 9.17) is 5.73 Å². The summed E-state index contributed by atoms with van der Waals surface area (Å²) in [5.41, 5.74) is 5.96. The monoisotopic (exact) mass is 281 g/mol. The van der Waals surface area contributed by atoms with Crippen molar-refractivity contribution >= 4 is 5.96 Å². The largest absolute Gasteiger partial charge is 0.370 e. The number of nitrogens with two attached hydrogens (primary N) is 1. The molecule has 3 N–H and O–H groups in total. The molecular weight excluding hydrogens is 250 g/mol. The van der Waals surface area contributed by atoms with Crippen molar-refractivity contribution in [2.24, 2.45) is 10.7 Å². The van der Waals surface area contributed by atoms with E-state index < -0.39 is 0 Å². The van der Waals surface area contributed by atoms with E-state index in [0.29, 0.717) is 12.0 Å². The normalized spacial score (nSPS) is 24.6. The molecule has 0 aromatic rings. The molecule has 1 atom stereocenters. The molecule has 0 radical (unpaired) electrons. The second-order valence-electron chi connectivity index (χ2n) is 5.94. The molecule has 1 aliphatic heterocycles. The standard InChI is InChI=1S/C15H31N5/c1-3-19-10-5-6-14(19)12-18-15(16)17-9-11-20(4-2)13-7-8-13/h13-14H,3-12H2,1-2H3,(H3,16,17,18). The fourth-order valence-corrected chi connectivity index (χ4v) is 3.14. The Bertz CT molecular complexity index is 313. The summed E-state index contributed by atoms with van der Waals surface area (Å²) in [4.78, 5) is 9.54. The quantitative estimate of drug-likeness (QED) is 0.512. The maximum atomic E-state index is 5.96. The van der Waals surface area contributed by atoms with E-state index in [1.807, 2.05) is 0 Å². The molecule has 2 aliphatic rings. The van der Waals surface area contributed by atoms with Crippen LogP contribution in [0.3, 0.4) is 0 Å². The minimum atomic E-state index is 0.596. The van der Waals surface area contributed by atoms with Crippen LogP contribution in [0.25, 0.3) is 0 Å². The van der Waals surface area contributed by atoms with Gasteiger partial charge in [-0.3, -0.25) is 14.8 Å². The maximum absolute atomic E-state index is 5.96. The van der Waals surface area contributed by atoms with Crippen molar-refractivity contribution in [3.8, 4) is 0 Å². The van der Waals surface area contributed by atoms with Crippen LogP contribution in [0.2, 0.25) is 0 Å². The third kappa shape index (κ3) is 4.63. The van der Waals surface area contributed by atoms with E-state index in [1.54, 1.807) is 0 Å². The molecule has 20 heavy (non-hydrogen) atoms. The molecule has 0 amide bonds. The Morgan fingerprint density at radius 2 is 2.15 bits per heavy atom. The summed E-state index contributed by atoms with van der Waals surface area (Å²) < 4.78 is 0. The highest BCUT2D eigenvalue weighted by Crippen LogP contribution is 2.25. The van der Waals surface area contributed by atoms with Crippen molar-refractivity contribution in [3.63, 3.8) is 0 Å². The van der Waals surface area contributed by atoms with Crippen LogP contribution in [0.4, 0.5) is 0 Å². The highest BCUT2D eigenvalue weighted by Gasteiger charge is 2.27. The molecule has 5 nitrogen and oxygen atoms in total. The molecule has 2 fully saturated rings. The van der Waals surface area contributed by atoms with Gasteiger partial charge >= 0.3 is 0 Å². The van der Waals surface area contributed by atoms with Crippen LogP contribution in [0.1, 0.15) is 39.5 Å². The number of guanidine groups is 1. The number of nitrogens with one attached hydrogen (secondary N) is 1. The lowest BCUT2D eigenvalue weighted by Crippen LogP contribution is -2.40. The van der Waals surface area contributed by atoms with E-state index >= 15 is 0 Å². The zero-order chi connectivity index (χ0) is 14.4. The van der Waals surface area contributed by atoms with Crippen LogP contribution in [-0.4, -0.2) is 67.1 Å². The average Bonchev–Trinajstić information content (AvgIpc) is 3.19. The van der Waals surface area contributed by atoms with E-state index in [0.717, 1.165) is 38.8 Å². The number of likely N-dealkylation sites (N-methyl/N-ethyl adjacent to an activating group) is 2. The summed E-state index contributed by atoms with van der Waals surface area (Å²) in [6.07, 6.45) is 5.29. The molecule has 0 spiro atoms. The molecule has 0 aromatic heterocycles. The maximum Gasteiger partial charge on any atom is 0.188 e. The Morgan fingerprint density at radius 1 is 1.35 bits per heavy atom.